The number of nitrogens with one attached hydrogen (secondary N) is 1. The topological polar surface area (TPSA) is 98.5 Å². The lowest BCUT2D eigenvalue weighted by Crippen LogP contribution is -2.26. The van der Waals surface area contributed by atoms with Crippen LogP contribution in [0.25, 0.3) is 0 Å². The molecule has 0 unspecified atom stereocenters. The van der Waals surface area contributed by atoms with Crippen molar-refractivity contribution in [2.75, 3.05) is 13.7 Å². The fraction of sp³-hybridized carbons (Fsp3) is 0.188. The Labute approximate surface area is 145 Å². The molecule has 0 bridgehead atoms. The molecule has 2 aromatic carbocycles. The minimum Gasteiger partial charge on any atom is -0.497 e. The Bertz CT molecular complexity index is 853. The standard InChI is InChI=1S/C16H17ClN2O4S/c1-23-12-6-7-14(17)13(10-12)16(20)19-9-8-11-4-2-3-5-15(11)24(18,21)22/h2-7,10H,8-9H2,1H3,(H,19,20)(H2,18,21,22). The van der Waals surface area contributed by atoms with Gasteiger partial charge in [-0.3, -0.25) is 4.79 Å². The number of primary sulfonamides is 1. The molecule has 0 radical (unpaired) electrons. The van der Waals surface area contributed by atoms with Gasteiger partial charge in [0, 0.05) is 6.54 Å². The van der Waals surface area contributed by atoms with Crippen molar-refractivity contribution in [3.63, 3.8) is 0 Å². The van der Waals surface area contributed by atoms with E-state index >= 15 is 0 Å². The first-order valence-corrected chi connectivity index (χ1v) is 8.98. The summed E-state index contributed by atoms with van der Waals surface area (Å²) in [6.45, 7) is 0.235. The number of benzene rings is 2. The summed E-state index contributed by atoms with van der Waals surface area (Å²) in [5.41, 5.74) is 0.827. The zero-order valence-electron chi connectivity index (χ0n) is 13.0. The molecule has 0 saturated carbocycles. The molecule has 6 nitrogen and oxygen atoms in total. The van der Waals surface area contributed by atoms with E-state index in [9.17, 15) is 13.2 Å². The third-order valence-corrected chi connectivity index (χ3v) is 4.72. The maximum Gasteiger partial charge on any atom is 0.252 e. The second-order valence-electron chi connectivity index (χ2n) is 5.00. The molecule has 0 fully saturated rings. The van der Waals surface area contributed by atoms with E-state index in [0.717, 1.165) is 0 Å². The molecule has 1 amide bonds. The molecule has 128 valence electrons. The van der Waals surface area contributed by atoms with Gasteiger partial charge in [0.15, 0.2) is 0 Å². The van der Waals surface area contributed by atoms with Gasteiger partial charge in [-0.15, -0.1) is 0 Å². The first kappa shape index (κ1) is 18.3. The molecular weight excluding hydrogens is 352 g/mol. The number of methoxy groups -OCH3 is 1. The maximum atomic E-state index is 12.2. The van der Waals surface area contributed by atoms with Gasteiger partial charge in [-0.1, -0.05) is 29.8 Å². The zero-order valence-corrected chi connectivity index (χ0v) is 14.5. The van der Waals surface area contributed by atoms with Crippen LogP contribution < -0.4 is 15.2 Å². The Kier molecular flexibility index (Phi) is 5.82. The molecule has 0 spiro atoms. The predicted molar refractivity (Wildman–Crippen MR) is 91.9 cm³/mol. The zero-order chi connectivity index (χ0) is 17.7. The number of carbonyl (C=O) groups excluding carboxylic acids is 1. The number of carbonyl (C=O) groups is 1. The van der Waals surface area contributed by atoms with E-state index in [2.05, 4.69) is 5.32 Å². The van der Waals surface area contributed by atoms with Crippen LogP contribution in [0.5, 0.6) is 5.75 Å². The van der Waals surface area contributed by atoms with Gasteiger partial charge in [-0.2, -0.15) is 0 Å². The quantitative estimate of drug-likeness (QED) is 0.814. The van der Waals surface area contributed by atoms with Gasteiger partial charge < -0.3 is 10.1 Å². The van der Waals surface area contributed by atoms with Crippen LogP contribution in [0.1, 0.15) is 15.9 Å². The SMILES string of the molecule is COc1ccc(Cl)c(C(=O)NCCc2ccccc2S(N)(=O)=O)c1. The lowest BCUT2D eigenvalue weighted by atomic mass is 10.1. The molecular formula is C16H17ClN2O4S. The van der Waals surface area contributed by atoms with Crippen molar-refractivity contribution in [3.8, 4) is 5.75 Å². The number of sulfonamides is 1. The Morgan fingerprint density at radius 2 is 1.96 bits per heavy atom. The second kappa shape index (κ2) is 7.65. The van der Waals surface area contributed by atoms with Crippen molar-refractivity contribution in [1.82, 2.24) is 5.32 Å². The van der Waals surface area contributed by atoms with Gasteiger partial charge >= 0.3 is 0 Å². The molecule has 24 heavy (non-hydrogen) atoms. The van der Waals surface area contributed by atoms with Crippen LogP contribution in [0.3, 0.4) is 0 Å². The Hall–Kier alpha value is -2.09. The van der Waals surface area contributed by atoms with Crippen LogP contribution in [0, 0.1) is 0 Å². The summed E-state index contributed by atoms with van der Waals surface area (Å²) in [6.07, 6.45) is 0.319. The van der Waals surface area contributed by atoms with Crippen molar-refractivity contribution in [2.24, 2.45) is 5.14 Å². The first-order valence-electron chi connectivity index (χ1n) is 7.05. The van der Waals surface area contributed by atoms with E-state index in [0.29, 0.717) is 22.8 Å². The fourth-order valence-corrected chi connectivity index (χ4v) is 3.21. The van der Waals surface area contributed by atoms with Gasteiger partial charge in [0.1, 0.15) is 5.75 Å². The summed E-state index contributed by atoms with van der Waals surface area (Å²) >= 11 is 6.02. The number of nitrogens with two attached hydrogens (primary N) is 1. The number of hydrogen-bond acceptors (Lipinski definition) is 4. The molecule has 8 heteroatoms. The third kappa shape index (κ3) is 4.47. The van der Waals surface area contributed by atoms with Crippen LogP contribution >= 0.6 is 11.6 Å². The summed E-state index contributed by atoms with van der Waals surface area (Å²) in [4.78, 5) is 12.3. The molecule has 0 atom stereocenters. The largest absolute Gasteiger partial charge is 0.497 e. The first-order chi connectivity index (χ1) is 11.3. The molecule has 0 saturated heterocycles. The Morgan fingerprint density at radius 3 is 2.62 bits per heavy atom. The minimum absolute atomic E-state index is 0.0543. The molecule has 2 aromatic rings. The van der Waals surface area contributed by atoms with E-state index in [1.54, 1.807) is 30.3 Å². The van der Waals surface area contributed by atoms with E-state index < -0.39 is 10.0 Å². The average Bonchev–Trinajstić information content (AvgIpc) is 2.54. The van der Waals surface area contributed by atoms with E-state index in [1.165, 1.54) is 19.2 Å². The van der Waals surface area contributed by atoms with Gasteiger partial charge in [-0.25, -0.2) is 13.6 Å². The lowest BCUT2D eigenvalue weighted by Gasteiger charge is -2.10. The van der Waals surface area contributed by atoms with E-state index in [-0.39, 0.29) is 22.9 Å². The summed E-state index contributed by atoms with van der Waals surface area (Å²) < 4.78 is 28.2. The second-order valence-corrected chi connectivity index (χ2v) is 6.94. The summed E-state index contributed by atoms with van der Waals surface area (Å²) in [5.74, 6) is 0.149. The highest BCUT2D eigenvalue weighted by atomic mass is 35.5. The number of ether oxygens (including phenoxy) is 1. The van der Waals surface area contributed by atoms with Crippen LogP contribution in [-0.2, 0) is 16.4 Å². The van der Waals surface area contributed by atoms with Gasteiger partial charge in [-0.05, 0) is 36.2 Å². The van der Waals surface area contributed by atoms with Crippen molar-refractivity contribution in [1.29, 1.82) is 0 Å². The van der Waals surface area contributed by atoms with Gasteiger partial charge in [0.25, 0.3) is 5.91 Å². The van der Waals surface area contributed by atoms with Crippen LogP contribution in [0.4, 0.5) is 0 Å². The van der Waals surface area contributed by atoms with Crippen molar-refractivity contribution in [3.05, 3.63) is 58.6 Å². The Balaban J connectivity index is 2.07. The molecule has 0 aliphatic rings. The molecule has 0 aliphatic carbocycles. The average molecular weight is 369 g/mol. The lowest BCUT2D eigenvalue weighted by molar-refractivity contribution is 0.0954. The number of hydrogen-bond donors (Lipinski definition) is 2. The Morgan fingerprint density at radius 1 is 1.25 bits per heavy atom. The fourth-order valence-electron chi connectivity index (χ4n) is 2.20. The minimum atomic E-state index is -3.80. The number of amides is 1. The molecule has 0 aliphatic heterocycles. The highest BCUT2D eigenvalue weighted by Crippen LogP contribution is 2.22. The highest BCUT2D eigenvalue weighted by Gasteiger charge is 2.14. The number of rotatable bonds is 6. The van der Waals surface area contributed by atoms with Gasteiger partial charge in [0.2, 0.25) is 10.0 Å². The molecule has 3 N–H and O–H groups in total. The van der Waals surface area contributed by atoms with Crippen molar-refractivity contribution in [2.45, 2.75) is 11.3 Å². The van der Waals surface area contributed by atoms with Crippen LogP contribution in [0.2, 0.25) is 5.02 Å². The van der Waals surface area contributed by atoms with E-state index in [4.69, 9.17) is 21.5 Å². The highest BCUT2D eigenvalue weighted by molar-refractivity contribution is 7.89. The molecule has 0 aromatic heterocycles. The normalized spacial score (nSPS) is 11.1. The number of halogens is 1. The van der Waals surface area contributed by atoms with E-state index in [1.807, 2.05) is 0 Å². The summed E-state index contributed by atoms with van der Waals surface area (Å²) in [7, 11) is -2.31. The van der Waals surface area contributed by atoms with Gasteiger partial charge in [0.05, 0.1) is 22.6 Å². The van der Waals surface area contributed by atoms with Crippen LogP contribution in [-0.4, -0.2) is 28.0 Å². The molecule has 2 rings (SSSR count). The molecule has 0 heterocycles. The van der Waals surface area contributed by atoms with Crippen molar-refractivity contribution >= 4 is 27.5 Å². The van der Waals surface area contributed by atoms with Crippen molar-refractivity contribution < 1.29 is 17.9 Å². The predicted octanol–water partition coefficient (Wildman–Crippen LogP) is 1.97. The summed E-state index contributed by atoms with van der Waals surface area (Å²) in [5, 5.41) is 8.19. The maximum absolute atomic E-state index is 12.2. The monoisotopic (exact) mass is 368 g/mol. The third-order valence-electron chi connectivity index (χ3n) is 3.38. The smallest absolute Gasteiger partial charge is 0.252 e. The van der Waals surface area contributed by atoms with Crippen LogP contribution in [0.15, 0.2) is 47.4 Å². The summed E-state index contributed by atoms with van der Waals surface area (Å²) in [6, 6.07) is 11.2.